The van der Waals surface area contributed by atoms with E-state index >= 15 is 0 Å². The van der Waals surface area contributed by atoms with Crippen molar-refractivity contribution in [1.82, 2.24) is 14.9 Å². The average Bonchev–Trinajstić information content (AvgIpc) is 2.68. The molecule has 2 aromatic rings. The highest BCUT2D eigenvalue weighted by atomic mass is 16.6. The molecule has 0 bridgehead atoms. The van der Waals surface area contributed by atoms with E-state index in [2.05, 4.69) is 25.1 Å². The lowest BCUT2D eigenvalue weighted by Gasteiger charge is -2.37. The molecule has 1 aromatic heterocycles. The van der Waals surface area contributed by atoms with Gasteiger partial charge in [-0.1, -0.05) is 0 Å². The second-order valence-electron chi connectivity index (χ2n) is 6.04. The van der Waals surface area contributed by atoms with Gasteiger partial charge in [0.15, 0.2) is 0 Å². The zero-order valence-electron chi connectivity index (χ0n) is 14.4. The maximum atomic E-state index is 12.5. The molecule has 26 heavy (non-hydrogen) atoms. The summed E-state index contributed by atoms with van der Waals surface area (Å²) in [6.45, 7) is 4.81. The van der Waals surface area contributed by atoms with Crippen molar-refractivity contribution in [3.05, 3.63) is 52.8 Å². The van der Waals surface area contributed by atoms with E-state index in [9.17, 15) is 14.9 Å². The van der Waals surface area contributed by atoms with Gasteiger partial charge in [0.05, 0.1) is 11.0 Å². The van der Waals surface area contributed by atoms with Gasteiger partial charge in [0, 0.05) is 56.4 Å². The van der Waals surface area contributed by atoms with Crippen LogP contribution >= 0.6 is 0 Å². The molecule has 0 spiro atoms. The van der Waals surface area contributed by atoms with Crippen molar-refractivity contribution < 1.29 is 9.72 Å². The number of hydrogen-bond acceptors (Lipinski definition) is 7. The third-order valence-electron chi connectivity index (χ3n) is 4.42. The predicted molar refractivity (Wildman–Crippen MR) is 97.0 cm³/mol. The molecule has 1 N–H and O–H groups in total. The molecule has 1 aliphatic heterocycles. The number of amides is 1. The van der Waals surface area contributed by atoms with Crippen molar-refractivity contribution in [3.8, 4) is 0 Å². The Labute approximate surface area is 150 Å². The van der Waals surface area contributed by atoms with E-state index in [4.69, 9.17) is 0 Å². The van der Waals surface area contributed by atoms with Crippen LogP contribution in [0.2, 0.25) is 0 Å². The molecule has 1 fully saturated rings. The molecular formula is C17H20N6O3. The summed E-state index contributed by atoms with van der Waals surface area (Å²) in [4.78, 5) is 35.4. The minimum Gasteiger partial charge on any atom is -0.338 e. The normalized spacial score (nSPS) is 16.1. The first-order chi connectivity index (χ1) is 12.5. The number of nitrogens with zero attached hydrogens (tertiary/aromatic N) is 5. The SMILES string of the molecule is CC(C(=O)Nc1ccc([N+](=O)[O-])cc1)N1CCN(c2ncccn2)CC1. The summed E-state index contributed by atoms with van der Waals surface area (Å²) in [7, 11) is 0. The van der Waals surface area contributed by atoms with Crippen LogP contribution in [-0.2, 0) is 4.79 Å². The van der Waals surface area contributed by atoms with E-state index in [-0.39, 0.29) is 17.6 Å². The molecule has 1 saturated heterocycles. The van der Waals surface area contributed by atoms with Gasteiger partial charge >= 0.3 is 0 Å². The number of hydrogen-bond donors (Lipinski definition) is 1. The lowest BCUT2D eigenvalue weighted by Crippen LogP contribution is -2.53. The summed E-state index contributed by atoms with van der Waals surface area (Å²) in [6.07, 6.45) is 3.43. The fraction of sp³-hybridized carbons (Fsp3) is 0.353. The molecule has 9 nitrogen and oxygen atoms in total. The number of carbonyl (C=O) groups is 1. The fourth-order valence-electron chi connectivity index (χ4n) is 2.84. The van der Waals surface area contributed by atoms with Gasteiger partial charge < -0.3 is 10.2 Å². The largest absolute Gasteiger partial charge is 0.338 e. The van der Waals surface area contributed by atoms with Crippen LogP contribution in [0.5, 0.6) is 0 Å². The number of rotatable bonds is 5. The van der Waals surface area contributed by atoms with E-state index in [0.29, 0.717) is 11.6 Å². The highest BCUT2D eigenvalue weighted by Crippen LogP contribution is 2.17. The number of benzene rings is 1. The Morgan fingerprint density at radius 2 is 1.77 bits per heavy atom. The molecule has 1 aromatic carbocycles. The standard InChI is InChI=1S/C17H20N6O3/c1-13(16(24)20-14-3-5-15(6-4-14)23(25)26)21-9-11-22(12-10-21)17-18-7-2-8-19-17/h2-8,13H,9-12H2,1H3,(H,20,24). The van der Waals surface area contributed by atoms with Crippen molar-refractivity contribution in [2.75, 3.05) is 36.4 Å². The first kappa shape index (κ1) is 17.7. The van der Waals surface area contributed by atoms with Crippen LogP contribution in [0.15, 0.2) is 42.7 Å². The van der Waals surface area contributed by atoms with Crippen molar-refractivity contribution in [2.24, 2.45) is 0 Å². The van der Waals surface area contributed by atoms with Gasteiger partial charge in [-0.05, 0) is 25.1 Å². The summed E-state index contributed by atoms with van der Waals surface area (Å²) in [6, 6.07) is 7.30. The Kier molecular flexibility index (Phi) is 5.37. The number of nitrogens with one attached hydrogen (secondary N) is 1. The third kappa shape index (κ3) is 4.12. The number of nitro benzene ring substituents is 1. The maximum absolute atomic E-state index is 12.5. The van der Waals surface area contributed by atoms with E-state index in [1.807, 2.05) is 6.92 Å². The second-order valence-corrected chi connectivity index (χ2v) is 6.04. The highest BCUT2D eigenvalue weighted by molar-refractivity contribution is 5.94. The van der Waals surface area contributed by atoms with Gasteiger partial charge in [-0.3, -0.25) is 19.8 Å². The molecule has 1 unspecified atom stereocenters. The number of non-ortho nitro benzene ring substituents is 1. The summed E-state index contributed by atoms with van der Waals surface area (Å²) in [5.74, 6) is 0.568. The Bertz CT molecular complexity index is 760. The van der Waals surface area contributed by atoms with Crippen LogP contribution in [0.4, 0.5) is 17.3 Å². The minimum atomic E-state index is -0.468. The summed E-state index contributed by atoms with van der Waals surface area (Å²) < 4.78 is 0. The lowest BCUT2D eigenvalue weighted by molar-refractivity contribution is -0.384. The van der Waals surface area contributed by atoms with Crippen LogP contribution in [0.1, 0.15) is 6.92 Å². The van der Waals surface area contributed by atoms with Crippen LogP contribution in [0.3, 0.4) is 0 Å². The highest BCUT2D eigenvalue weighted by Gasteiger charge is 2.26. The van der Waals surface area contributed by atoms with Crippen molar-refractivity contribution in [1.29, 1.82) is 0 Å². The number of piperazine rings is 1. The Balaban J connectivity index is 1.53. The summed E-state index contributed by atoms with van der Waals surface area (Å²) in [5, 5.41) is 13.5. The van der Waals surface area contributed by atoms with E-state index in [1.54, 1.807) is 18.5 Å². The molecule has 2 heterocycles. The first-order valence-corrected chi connectivity index (χ1v) is 8.36. The quantitative estimate of drug-likeness (QED) is 0.640. The monoisotopic (exact) mass is 356 g/mol. The van der Waals surface area contributed by atoms with Gasteiger partial charge in [0.25, 0.3) is 5.69 Å². The lowest BCUT2D eigenvalue weighted by atomic mass is 10.2. The smallest absolute Gasteiger partial charge is 0.269 e. The van der Waals surface area contributed by atoms with Gasteiger partial charge in [-0.15, -0.1) is 0 Å². The number of carbonyl (C=O) groups excluding carboxylic acids is 1. The third-order valence-corrected chi connectivity index (χ3v) is 4.42. The minimum absolute atomic E-state index is 0.00435. The molecule has 0 radical (unpaired) electrons. The molecule has 9 heteroatoms. The van der Waals surface area contributed by atoms with Crippen LogP contribution in [-0.4, -0.2) is 57.9 Å². The van der Waals surface area contributed by atoms with Crippen LogP contribution < -0.4 is 10.2 Å². The Hall–Kier alpha value is -3.07. The van der Waals surface area contributed by atoms with E-state index in [1.165, 1.54) is 24.3 Å². The molecule has 136 valence electrons. The molecular weight excluding hydrogens is 336 g/mol. The zero-order valence-corrected chi connectivity index (χ0v) is 14.4. The van der Waals surface area contributed by atoms with Crippen LogP contribution in [0.25, 0.3) is 0 Å². The Morgan fingerprint density at radius 1 is 1.15 bits per heavy atom. The topological polar surface area (TPSA) is 104 Å². The van der Waals surface area contributed by atoms with Gasteiger partial charge in [-0.25, -0.2) is 9.97 Å². The fourth-order valence-corrected chi connectivity index (χ4v) is 2.84. The first-order valence-electron chi connectivity index (χ1n) is 8.36. The molecule has 0 saturated carbocycles. The zero-order chi connectivity index (χ0) is 18.5. The Morgan fingerprint density at radius 3 is 2.35 bits per heavy atom. The molecule has 1 aliphatic rings. The molecule has 3 rings (SSSR count). The summed E-state index contributed by atoms with van der Waals surface area (Å²) in [5.41, 5.74) is 0.541. The molecule has 0 aliphatic carbocycles. The summed E-state index contributed by atoms with van der Waals surface area (Å²) >= 11 is 0. The number of anilines is 2. The predicted octanol–water partition coefficient (Wildman–Crippen LogP) is 1.53. The van der Waals surface area contributed by atoms with Crippen molar-refractivity contribution in [3.63, 3.8) is 0 Å². The van der Waals surface area contributed by atoms with Crippen molar-refractivity contribution >= 4 is 23.2 Å². The molecule has 1 amide bonds. The van der Waals surface area contributed by atoms with Crippen molar-refractivity contribution in [2.45, 2.75) is 13.0 Å². The number of aromatic nitrogens is 2. The molecule has 1 atom stereocenters. The van der Waals surface area contributed by atoms with Gasteiger partial charge in [0.2, 0.25) is 11.9 Å². The number of nitro groups is 1. The van der Waals surface area contributed by atoms with E-state index in [0.717, 1.165) is 26.2 Å². The van der Waals surface area contributed by atoms with E-state index < -0.39 is 4.92 Å². The second kappa shape index (κ2) is 7.87. The maximum Gasteiger partial charge on any atom is 0.269 e. The van der Waals surface area contributed by atoms with Gasteiger partial charge in [0.1, 0.15) is 0 Å². The van der Waals surface area contributed by atoms with Crippen LogP contribution in [0, 0.1) is 10.1 Å². The van der Waals surface area contributed by atoms with Gasteiger partial charge in [-0.2, -0.15) is 0 Å². The average molecular weight is 356 g/mol.